The average Bonchev–Trinajstić information content (AvgIpc) is 3.01. The molecule has 0 saturated carbocycles. The van der Waals surface area contributed by atoms with Crippen LogP contribution in [0, 0.1) is 0 Å². The summed E-state index contributed by atoms with van der Waals surface area (Å²) in [5, 5.41) is 3.63. The molecule has 3 rings (SSSR count). The summed E-state index contributed by atoms with van der Waals surface area (Å²) in [5.41, 5.74) is 7.66. The first-order valence-corrected chi connectivity index (χ1v) is 9.18. The van der Waals surface area contributed by atoms with E-state index in [9.17, 15) is 9.59 Å². The number of ether oxygens (including phenoxy) is 1. The summed E-state index contributed by atoms with van der Waals surface area (Å²) in [6.45, 7) is 0.215. The number of anilines is 1. The van der Waals surface area contributed by atoms with Crippen molar-refractivity contribution < 1.29 is 14.3 Å². The van der Waals surface area contributed by atoms with Crippen LogP contribution < -0.4 is 20.9 Å². The predicted molar refractivity (Wildman–Crippen MR) is 105 cm³/mol. The van der Waals surface area contributed by atoms with Crippen molar-refractivity contribution in [2.24, 2.45) is 0 Å². The summed E-state index contributed by atoms with van der Waals surface area (Å²) in [6.07, 6.45) is 0.922. The number of nitrogens with one attached hydrogen (secondary N) is 3. The number of methoxy groups -OCH3 is 1. The highest BCUT2D eigenvalue weighted by molar-refractivity contribution is 6.37. The third-order valence-corrected chi connectivity index (χ3v) is 5.03. The first kappa shape index (κ1) is 19.5. The van der Waals surface area contributed by atoms with E-state index < -0.39 is 5.92 Å². The second-order valence-electron chi connectivity index (χ2n) is 6.14. The quantitative estimate of drug-likeness (QED) is 0.615. The van der Waals surface area contributed by atoms with Crippen molar-refractivity contribution in [3.05, 3.63) is 57.6 Å². The Morgan fingerprint density at radius 3 is 2.56 bits per heavy atom. The molecule has 3 N–H and O–H groups in total. The van der Waals surface area contributed by atoms with E-state index in [4.69, 9.17) is 27.9 Å². The highest BCUT2D eigenvalue weighted by Gasteiger charge is 2.34. The molecule has 142 valence electrons. The number of amides is 2. The fourth-order valence-corrected chi connectivity index (χ4v) is 3.44. The maximum Gasteiger partial charge on any atom is 0.234 e. The van der Waals surface area contributed by atoms with Crippen LogP contribution in [0.25, 0.3) is 0 Å². The third kappa shape index (κ3) is 4.53. The topological polar surface area (TPSA) is 79.5 Å². The number of carbonyl (C=O) groups excluding carboxylic acids is 2. The highest BCUT2D eigenvalue weighted by atomic mass is 35.5. The summed E-state index contributed by atoms with van der Waals surface area (Å²) in [7, 11) is 1.61. The maximum absolute atomic E-state index is 12.2. The van der Waals surface area contributed by atoms with Crippen molar-refractivity contribution in [1.82, 2.24) is 10.9 Å². The Balaban J connectivity index is 1.49. The first-order valence-electron chi connectivity index (χ1n) is 8.43. The van der Waals surface area contributed by atoms with Gasteiger partial charge in [0, 0.05) is 23.6 Å². The van der Waals surface area contributed by atoms with Gasteiger partial charge in [-0.1, -0.05) is 35.3 Å². The number of aryl methyl sites for hydroxylation is 1. The molecule has 27 heavy (non-hydrogen) atoms. The molecule has 1 unspecified atom stereocenters. The van der Waals surface area contributed by atoms with E-state index in [-0.39, 0.29) is 18.4 Å². The number of hydrogen-bond donors (Lipinski definition) is 3. The molecule has 6 nitrogen and oxygen atoms in total. The lowest BCUT2D eigenvalue weighted by atomic mass is 10.0. The molecule has 0 radical (unpaired) electrons. The number of hydrazine groups is 1. The minimum Gasteiger partial charge on any atom is -0.497 e. The van der Waals surface area contributed by atoms with E-state index in [1.807, 2.05) is 24.3 Å². The van der Waals surface area contributed by atoms with Crippen LogP contribution >= 0.6 is 23.2 Å². The standard InChI is InChI=1S/C19H19Cl2N3O3/c1-27-12-5-2-11(3-6-12)4-9-16(25)24-22-10-13-17-14(20)7-8-15(21)18(17)23-19(13)26/h2-3,5-8,13,22H,4,9-10H2,1H3,(H,23,26)(H,24,25). The number of hydrogen-bond acceptors (Lipinski definition) is 4. The number of benzene rings is 2. The molecule has 8 heteroatoms. The second kappa shape index (κ2) is 8.61. The Bertz CT molecular complexity index is 856. The van der Waals surface area contributed by atoms with Gasteiger partial charge in [-0.05, 0) is 36.2 Å². The van der Waals surface area contributed by atoms with Crippen LogP contribution in [0.2, 0.25) is 10.0 Å². The number of fused-ring (bicyclic) bond motifs is 1. The molecule has 1 atom stereocenters. The zero-order valence-electron chi connectivity index (χ0n) is 14.6. The Kier molecular flexibility index (Phi) is 6.21. The molecule has 0 spiro atoms. The Morgan fingerprint density at radius 2 is 1.85 bits per heavy atom. The third-order valence-electron chi connectivity index (χ3n) is 4.39. The van der Waals surface area contributed by atoms with Crippen molar-refractivity contribution in [3.8, 4) is 5.75 Å². The molecule has 1 aliphatic heterocycles. The van der Waals surface area contributed by atoms with Crippen LogP contribution in [0.1, 0.15) is 23.5 Å². The Labute approximate surface area is 167 Å². The van der Waals surface area contributed by atoms with E-state index >= 15 is 0 Å². The summed E-state index contributed by atoms with van der Waals surface area (Å²) >= 11 is 12.3. The van der Waals surface area contributed by atoms with Gasteiger partial charge in [0.25, 0.3) is 0 Å². The first-order chi connectivity index (χ1) is 13.0. The second-order valence-corrected chi connectivity index (χ2v) is 6.95. The fraction of sp³-hybridized carbons (Fsp3) is 0.263. The van der Waals surface area contributed by atoms with Gasteiger partial charge < -0.3 is 10.1 Å². The van der Waals surface area contributed by atoms with Gasteiger partial charge in [0.05, 0.1) is 23.7 Å². The molecular formula is C19H19Cl2N3O3. The van der Waals surface area contributed by atoms with E-state index in [1.165, 1.54) is 0 Å². The summed E-state index contributed by atoms with van der Waals surface area (Å²) < 4.78 is 5.11. The molecule has 2 aromatic rings. The van der Waals surface area contributed by atoms with Crippen LogP contribution in [-0.2, 0) is 16.0 Å². The minimum absolute atomic E-state index is 0.165. The van der Waals surface area contributed by atoms with E-state index in [2.05, 4.69) is 16.2 Å². The molecular weight excluding hydrogens is 389 g/mol. The minimum atomic E-state index is -0.520. The van der Waals surface area contributed by atoms with Gasteiger partial charge in [0.2, 0.25) is 11.8 Å². The van der Waals surface area contributed by atoms with Crippen LogP contribution in [-0.4, -0.2) is 25.5 Å². The zero-order valence-corrected chi connectivity index (χ0v) is 16.2. The van der Waals surface area contributed by atoms with Gasteiger partial charge in [0.1, 0.15) is 5.75 Å². The lowest BCUT2D eigenvalue weighted by Crippen LogP contribution is -2.41. The average molecular weight is 408 g/mol. The lowest BCUT2D eigenvalue weighted by molar-refractivity contribution is -0.122. The van der Waals surface area contributed by atoms with Gasteiger partial charge >= 0.3 is 0 Å². The fourth-order valence-electron chi connectivity index (χ4n) is 2.94. The van der Waals surface area contributed by atoms with Crippen molar-refractivity contribution >= 4 is 40.7 Å². The van der Waals surface area contributed by atoms with Crippen LogP contribution in [0.5, 0.6) is 5.75 Å². The van der Waals surface area contributed by atoms with Crippen LogP contribution in [0.15, 0.2) is 36.4 Å². The smallest absolute Gasteiger partial charge is 0.234 e. The van der Waals surface area contributed by atoms with E-state index in [0.29, 0.717) is 34.1 Å². The van der Waals surface area contributed by atoms with E-state index in [1.54, 1.807) is 19.2 Å². The van der Waals surface area contributed by atoms with Gasteiger partial charge in [-0.15, -0.1) is 0 Å². The summed E-state index contributed by atoms with van der Waals surface area (Å²) in [5.74, 6) is -0.117. The number of halogens is 2. The van der Waals surface area contributed by atoms with Gasteiger partial charge in [-0.3, -0.25) is 15.0 Å². The Morgan fingerprint density at radius 1 is 1.15 bits per heavy atom. The van der Waals surface area contributed by atoms with Crippen molar-refractivity contribution in [2.45, 2.75) is 18.8 Å². The van der Waals surface area contributed by atoms with Crippen molar-refractivity contribution in [3.63, 3.8) is 0 Å². The molecule has 0 bridgehead atoms. The normalized spacial score (nSPS) is 15.2. The SMILES string of the molecule is COc1ccc(CCC(=O)NNCC2C(=O)Nc3c(Cl)ccc(Cl)c32)cc1. The van der Waals surface area contributed by atoms with Crippen LogP contribution in [0.4, 0.5) is 5.69 Å². The van der Waals surface area contributed by atoms with Crippen molar-refractivity contribution in [1.29, 1.82) is 0 Å². The van der Waals surface area contributed by atoms with E-state index in [0.717, 1.165) is 11.3 Å². The number of rotatable bonds is 7. The van der Waals surface area contributed by atoms with Crippen LogP contribution in [0.3, 0.4) is 0 Å². The predicted octanol–water partition coefficient (Wildman–Crippen LogP) is 3.29. The summed E-state index contributed by atoms with van der Waals surface area (Å²) in [6, 6.07) is 10.9. The zero-order chi connectivity index (χ0) is 19.4. The van der Waals surface area contributed by atoms with Gasteiger partial charge in [0.15, 0.2) is 0 Å². The molecule has 0 aromatic heterocycles. The van der Waals surface area contributed by atoms with Crippen molar-refractivity contribution in [2.75, 3.05) is 19.0 Å². The lowest BCUT2D eigenvalue weighted by Gasteiger charge is -2.13. The monoisotopic (exact) mass is 407 g/mol. The largest absolute Gasteiger partial charge is 0.497 e. The molecule has 0 fully saturated rings. The maximum atomic E-state index is 12.2. The molecule has 2 amide bonds. The molecule has 0 saturated heterocycles. The molecule has 0 aliphatic carbocycles. The molecule has 2 aromatic carbocycles. The Hall–Kier alpha value is -2.28. The summed E-state index contributed by atoms with van der Waals surface area (Å²) in [4.78, 5) is 24.2. The highest BCUT2D eigenvalue weighted by Crippen LogP contribution is 2.41. The number of carbonyl (C=O) groups is 2. The van der Waals surface area contributed by atoms with Gasteiger partial charge in [-0.25, -0.2) is 5.43 Å². The molecule has 1 aliphatic rings. The van der Waals surface area contributed by atoms with Gasteiger partial charge in [-0.2, -0.15) is 0 Å². The molecule has 1 heterocycles.